The van der Waals surface area contributed by atoms with Crippen molar-refractivity contribution in [3.05, 3.63) is 18.2 Å². The van der Waals surface area contributed by atoms with Crippen LogP contribution in [-0.4, -0.2) is 33.8 Å². The highest BCUT2D eigenvalue weighted by molar-refractivity contribution is 5.89. The van der Waals surface area contributed by atoms with Gasteiger partial charge in [-0.25, -0.2) is 14.8 Å². The molecule has 0 spiro atoms. The van der Waals surface area contributed by atoms with Crippen LogP contribution in [0.4, 0.5) is 10.5 Å². The average molecular weight is 238 g/mol. The number of hydrogen-bond donors (Lipinski definition) is 3. The molecule has 1 aromatic heterocycles. The Morgan fingerprint density at radius 3 is 2.53 bits per heavy atom. The second kappa shape index (κ2) is 6.80. The number of carbonyl (C=O) groups excluding carboxylic acids is 1. The number of urea groups is 1. The first-order valence-corrected chi connectivity index (χ1v) is 5.68. The maximum Gasteiger partial charge on any atom is 0.319 e. The van der Waals surface area contributed by atoms with E-state index in [4.69, 9.17) is 5.11 Å². The van der Waals surface area contributed by atoms with E-state index in [9.17, 15) is 4.79 Å². The number of nitrogens with zero attached hydrogens (tertiary/aromatic N) is 2. The lowest BCUT2D eigenvalue weighted by Crippen LogP contribution is -2.39. The van der Waals surface area contributed by atoms with Gasteiger partial charge in [-0.2, -0.15) is 0 Å². The van der Waals surface area contributed by atoms with Gasteiger partial charge in [-0.3, -0.25) is 0 Å². The van der Waals surface area contributed by atoms with Crippen LogP contribution < -0.4 is 10.6 Å². The highest BCUT2D eigenvalue weighted by atomic mass is 16.3. The van der Waals surface area contributed by atoms with Gasteiger partial charge in [-0.05, 0) is 6.42 Å². The molecule has 0 saturated heterocycles. The van der Waals surface area contributed by atoms with E-state index < -0.39 is 0 Å². The maximum atomic E-state index is 11.5. The van der Waals surface area contributed by atoms with Crippen molar-refractivity contribution < 1.29 is 9.90 Å². The van der Waals surface area contributed by atoms with Crippen molar-refractivity contribution in [3.63, 3.8) is 0 Å². The van der Waals surface area contributed by atoms with E-state index in [0.29, 0.717) is 12.1 Å². The lowest BCUT2D eigenvalue weighted by molar-refractivity contribution is 0.222. The molecule has 0 saturated carbocycles. The summed E-state index contributed by atoms with van der Waals surface area (Å²) in [6.45, 7) is 3.78. The van der Waals surface area contributed by atoms with E-state index in [1.807, 2.05) is 13.8 Å². The molecule has 0 fully saturated rings. The fourth-order valence-corrected chi connectivity index (χ4v) is 1.23. The highest BCUT2D eigenvalue weighted by Crippen LogP contribution is 2.03. The summed E-state index contributed by atoms with van der Waals surface area (Å²) in [5, 5.41) is 14.2. The third kappa shape index (κ3) is 4.36. The molecule has 1 aromatic rings. The molecule has 1 rings (SSSR count). The summed E-state index contributed by atoms with van der Waals surface area (Å²) in [5.74, 6) is 0.734. The Bertz CT molecular complexity index is 349. The topological polar surface area (TPSA) is 87.1 Å². The van der Waals surface area contributed by atoms with Crippen LogP contribution in [0.3, 0.4) is 0 Å². The minimum atomic E-state index is -0.362. The zero-order valence-electron chi connectivity index (χ0n) is 10.1. The van der Waals surface area contributed by atoms with E-state index >= 15 is 0 Å². The van der Waals surface area contributed by atoms with E-state index in [1.165, 1.54) is 0 Å². The largest absolute Gasteiger partial charge is 0.394 e. The van der Waals surface area contributed by atoms with Crippen LogP contribution in [0.2, 0.25) is 0 Å². The number of aromatic nitrogens is 2. The Labute approximate surface area is 100 Å². The second-order valence-electron chi connectivity index (χ2n) is 3.63. The number of anilines is 1. The van der Waals surface area contributed by atoms with Crippen LogP contribution in [-0.2, 0) is 6.42 Å². The fraction of sp³-hybridized carbons (Fsp3) is 0.545. The van der Waals surface area contributed by atoms with Crippen LogP contribution in [0.5, 0.6) is 0 Å². The summed E-state index contributed by atoms with van der Waals surface area (Å²) in [7, 11) is 0. The van der Waals surface area contributed by atoms with Crippen LogP contribution in [0.1, 0.15) is 26.1 Å². The molecule has 17 heavy (non-hydrogen) atoms. The molecule has 1 unspecified atom stereocenters. The molecule has 0 aromatic carbocycles. The molecule has 0 aliphatic heterocycles. The highest BCUT2D eigenvalue weighted by Gasteiger charge is 2.09. The summed E-state index contributed by atoms with van der Waals surface area (Å²) in [4.78, 5) is 19.6. The normalized spacial score (nSPS) is 11.9. The van der Waals surface area contributed by atoms with Gasteiger partial charge in [0.15, 0.2) is 0 Å². The van der Waals surface area contributed by atoms with Gasteiger partial charge < -0.3 is 15.7 Å². The van der Waals surface area contributed by atoms with Crippen LogP contribution in [0.15, 0.2) is 12.4 Å². The van der Waals surface area contributed by atoms with Crippen LogP contribution in [0, 0.1) is 0 Å². The van der Waals surface area contributed by atoms with Gasteiger partial charge in [0.1, 0.15) is 5.82 Å². The minimum Gasteiger partial charge on any atom is -0.394 e. The number of aryl methyl sites for hydroxylation is 1. The standard InChI is InChI=1S/C11H18N4O2/c1-3-8(7-16)14-11(17)15-9-5-12-10(4-2)13-6-9/h5-6,8,16H,3-4,7H2,1-2H3,(H2,14,15,17). The molecule has 6 heteroatoms. The van der Waals surface area contributed by atoms with Gasteiger partial charge in [0.25, 0.3) is 0 Å². The van der Waals surface area contributed by atoms with Gasteiger partial charge in [-0.1, -0.05) is 13.8 Å². The summed E-state index contributed by atoms with van der Waals surface area (Å²) >= 11 is 0. The average Bonchev–Trinajstić information content (AvgIpc) is 2.37. The Kier molecular flexibility index (Phi) is 5.35. The number of carbonyl (C=O) groups is 1. The molecule has 2 amide bonds. The molecule has 1 heterocycles. The quantitative estimate of drug-likeness (QED) is 0.712. The van der Waals surface area contributed by atoms with Crippen molar-refractivity contribution in [2.24, 2.45) is 0 Å². The molecular formula is C11H18N4O2. The van der Waals surface area contributed by atoms with Crippen molar-refractivity contribution in [3.8, 4) is 0 Å². The first-order chi connectivity index (χ1) is 8.19. The number of amides is 2. The second-order valence-corrected chi connectivity index (χ2v) is 3.63. The molecule has 3 N–H and O–H groups in total. The van der Waals surface area contributed by atoms with E-state index in [-0.39, 0.29) is 18.7 Å². The van der Waals surface area contributed by atoms with Gasteiger partial charge in [0.2, 0.25) is 0 Å². The van der Waals surface area contributed by atoms with Crippen molar-refractivity contribution in [2.45, 2.75) is 32.7 Å². The monoisotopic (exact) mass is 238 g/mol. The van der Waals surface area contributed by atoms with Gasteiger partial charge in [0, 0.05) is 6.42 Å². The Hall–Kier alpha value is -1.69. The SMILES string of the molecule is CCc1ncc(NC(=O)NC(CC)CO)cn1. The van der Waals surface area contributed by atoms with Crippen molar-refractivity contribution in [1.29, 1.82) is 0 Å². The zero-order chi connectivity index (χ0) is 12.7. The third-order valence-electron chi connectivity index (χ3n) is 2.33. The summed E-state index contributed by atoms with van der Waals surface area (Å²) in [5.41, 5.74) is 0.535. The zero-order valence-corrected chi connectivity index (χ0v) is 10.1. The molecular weight excluding hydrogens is 220 g/mol. The lowest BCUT2D eigenvalue weighted by atomic mass is 10.2. The molecule has 1 atom stereocenters. The predicted octanol–water partition coefficient (Wildman–Crippen LogP) is 0.931. The number of aliphatic hydroxyl groups excluding tert-OH is 1. The van der Waals surface area contributed by atoms with Gasteiger partial charge in [-0.15, -0.1) is 0 Å². The number of aliphatic hydroxyl groups is 1. The van der Waals surface area contributed by atoms with E-state index in [0.717, 1.165) is 12.2 Å². The van der Waals surface area contributed by atoms with E-state index in [1.54, 1.807) is 12.4 Å². The van der Waals surface area contributed by atoms with Gasteiger partial charge >= 0.3 is 6.03 Å². The van der Waals surface area contributed by atoms with E-state index in [2.05, 4.69) is 20.6 Å². The molecule has 0 aliphatic rings. The number of nitrogens with one attached hydrogen (secondary N) is 2. The smallest absolute Gasteiger partial charge is 0.319 e. The first kappa shape index (κ1) is 13.4. The minimum absolute atomic E-state index is 0.0742. The summed E-state index contributed by atoms with van der Waals surface area (Å²) in [6.07, 6.45) is 4.56. The van der Waals surface area contributed by atoms with Gasteiger partial charge in [0.05, 0.1) is 30.7 Å². The maximum absolute atomic E-state index is 11.5. The molecule has 94 valence electrons. The molecule has 6 nitrogen and oxygen atoms in total. The van der Waals surface area contributed by atoms with Crippen LogP contribution in [0.25, 0.3) is 0 Å². The first-order valence-electron chi connectivity index (χ1n) is 5.68. The molecule has 0 radical (unpaired) electrons. The lowest BCUT2D eigenvalue weighted by Gasteiger charge is -2.14. The van der Waals surface area contributed by atoms with Crippen molar-refractivity contribution in [2.75, 3.05) is 11.9 Å². The Morgan fingerprint density at radius 2 is 2.06 bits per heavy atom. The van der Waals surface area contributed by atoms with Crippen molar-refractivity contribution in [1.82, 2.24) is 15.3 Å². The van der Waals surface area contributed by atoms with Crippen molar-refractivity contribution >= 4 is 11.7 Å². The summed E-state index contributed by atoms with van der Waals surface area (Å²) < 4.78 is 0. The molecule has 0 aliphatic carbocycles. The Balaban J connectivity index is 2.49. The predicted molar refractivity (Wildman–Crippen MR) is 64.7 cm³/mol. The third-order valence-corrected chi connectivity index (χ3v) is 2.33. The Morgan fingerprint density at radius 1 is 1.41 bits per heavy atom. The van der Waals surface area contributed by atoms with Crippen LogP contribution >= 0.6 is 0 Å². The number of hydrogen-bond acceptors (Lipinski definition) is 4. The summed E-state index contributed by atoms with van der Waals surface area (Å²) in [6, 6.07) is -0.593. The molecule has 0 bridgehead atoms. The fourth-order valence-electron chi connectivity index (χ4n) is 1.23. The number of rotatable bonds is 5.